The van der Waals surface area contributed by atoms with E-state index in [2.05, 4.69) is 10.4 Å². The number of esters is 1. The number of amides is 1. The molecule has 2 saturated carbocycles. The molecule has 2 aliphatic rings. The number of aryl methyl sites for hydroxylation is 2. The van der Waals surface area contributed by atoms with Gasteiger partial charge in [-0.15, -0.1) is 0 Å². The Bertz CT molecular complexity index is 569. The van der Waals surface area contributed by atoms with Crippen molar-refractivity contribution in [3.8, 4) is 0 Å². The van der Waals surface area contributed by atoms with Crippen LogP contribution in [0.2, 0.25) is 0 Å². The van der Waals surface area contributed by atoms with Gasteiger partial charge in [0.1, 0.15) is 0 Å². The van der Waals surface area contributed by atoms with Crippen molar-refractivity contribution >= 4 is 11.9 Å². The van der Waals surface area contributed by atoms with Crippen LogP contribution in [0, 0.1) is 24.7 Å². The summed E-state index contributed by atoms with van der Waals surface area (Å²) in [6.45, 7) is 2.53. The highest BCUT2D eigenvalue weighted by molar-refractivity contribution is 5.79. The van der Waals surface area contributed by atoms with Crippen LogP contribution in [0.15, 0.2) is 12.4 Å². The number of hydrogen-bond donors (Lipinski definition) is 1. The Morgan fingerprint density at radius 2 is 2.18 bits per heavy atom. The zero-order chi connectivity index (χ0) is 15.7. The molecular weight excluding hydrogens is 282 g/mol. The first-order chi connectivity index (χ1) is 10.6. The van der Waals surface area contributed by atoms with Gasteiger partial charge in [0.15, 0.2) is 0 Å². The molecule has 0 unspecified atom stereocenters. The molecule has 0 aromatic carbocycles. The van der Waals surface area contributed by atoms with Crippen molar-refractivity contribution in [1.82, 2.24) is 15.1 Å². The Morgan fingerprint density at radius 1 is 1.41 bits per heavy atom. The molecule has 3 rings (SSSR count). The normalized spacial score (nSPS) is 29.5. The summed E-state index contributed by atoms with van der Waals surface area (Å²) in [6, 6.07) is -0.0574. The Balaban J connectivity index is 1.57. The molecule has 1 N–H and O–H groups in total. The number of aromatic nitrogens is 2. The maximum Gasteiger partial charge on any atom is 0.311 e. The molecule has 120 valence electrons. The molecule has 6 heteroatoms. The fourth-order valence-electron chi connectivity index (χ4n) is 4.04. The fourth-order valence-corrected chi connectivity index (χ4v) is 4.04. The van der Waals surface area contributed by atoms with Gasteiger partial charge >= 0.3 is 5.97 Å². The number of nitrogens with zero attached hydrogens (tertiary/aromatic N) is 2. The van der Waals surface area contributed by atoms with Crippen molar-refractivity contribution < 1.29 is 14.3 Å². The highest BCUT2D eigenvalue weighted by atomic mass is 16.5. The molecule has 0 aliphatic heterocycles. The summed E-state index contributed by atoms with van der Waals surface area (Å²) in [7, 11) is 1.42. The van der Waals surface area contributed by atoms with E-state index in [1.54, 1.807) is 10.9 Å². The number of nitrogens with one attached hydrogen (secondary N) is 1. The predicted octanol–water partition coefficient (Wildman–Crippen LogP) is 1.29. The quantitative estimate of drug-likeness (QED) is 0.832. The second kappa shape index (κ2) is 6.10. The number of hydrogen-bond acceptors (Lipinski definition) is 4. The summed E-state index contributed by atoms with van der Waals surface area (Å²) in [5, 5.41) is 7.25. The molecule has 4 atom stereocenters. The molecule has 2 aliphatic carbocycles. The van der Waals surface area contributed by atoms with Gasteiger partial charge in [0.05, 0.1) is 19.2 Å². The molecule has 1 aromatic rings. The van der Waals surface area contributed by atoms with Crippen molar-refractivity contribution in [3.05, 3.63) is 18.0 Å². The van der Waals surface area contributed by atoms with Crippen molar-refractivity contribution in [2.75, 3.05) is 7.11 Å². The van der Waals surface area contributed by atoms with E-state index in [1.165, 1.54) is 7.11 Å². The van der Waals surface area contributed by atoms with Crippen LogP contribution in [-0.4, -0.2) is 34.8 Å². The standard InChI is InChI=1S/C16H23N3O3/c1-10-8-17-19(9-10)6-5-13(20)18-15-12-4-3-11(7-12)14(15)16(21)22-2/h8-9,11-12,14-15H,3-7H2,1-2H3,(H,18,20)/t11-,12-,14-,15+/m0/s1. The van der Waals surface area contributed by atoms with Crippen LogP contribution in [0.25, 0.3) is 0 Å². The molecule has 0 spiro atoms. The third-order valence-corrected chi connectivity index (χ3v) is 5.05. The summed E-state index contributed by atoms with van der Waals surface area (Å²) >= 11 is 0. The third-order valence-electron chi connectivity index (χ3n) is 5.05. The number of methoxy groups -OCH3 is 1. The van der Waals surface area contributed by atoms with Gasteiger partial charge in [-0.2, -0.15) is 5.10 Å². The summed E-state index contributed by atoms with van der Waals surface area (Å²) in [5.41, 5.74) is 1.08. The Kier molecular flexibility index (Phi) is 4.18. The summed E-state index contributed by atoms with van der Waals surface area (Å²) in [5.74, 6) is 0.431. The Labute approximate surface area is 130 Å². The highest BCUT2D eigenvalue weighted by Crippen LogP contribution is 2.48. The second-order valence-corrected chi connectivity index (χ2v) is 6.51. The van der Waals surface area contributed by atoms with Gasteiger partial charge in [-0.3, -0.25) is 14.3 Å². The monoisotopic (exact) mass is 305 g/mol. The Morgan fingerprint density at radius 3 is 2.86 bits per heavy atom. The van der Waals surface area contributed by atoms with Crippen LogP contribution in [0.5, 0.6) is 0 Å². The number of ether oxygens (including phenoxy) is 1. The maximum atomic E-state index is 12.2. The minimum absolute atomic E-state index is 0.0143. The number of carbonyl (C=O) groups is 2. The molecule has 22 heavy (non-hydrogen) atoms. The molecule has 2 bridgehead atoms. The molecule has 1 aromatic heterocycles. The molecule has 0 saturated heterocycles. The van der Waals surface area contributed by atoms with Gasteiger partial charge in [-0.25, -0.2) is 0 Å². The molecule has 1 heterocycles. The second-order valence-electron chi connectivity index (χ2n) is 6.51. The SMILES string of the molecule is COC(=O)[C@H]1[C@H]2CC[C@@H](C2)[C@H]1NC(=O)CCn1cc(C)cn1. The van der Waals surface area contributed by atoms with Crippen molar-refractivity contribution in [3.63, 3.8) is 0 Å². The van der Waals surface area contributed by atoms with E-state index in [-0.39, 0.29) is 23.8 Å². The van der Waals surface area contributed by atoms with Gasteiger partial charge in [0.2, 0.25) is 5.91 Å². The van der Waals surface area contributed by atoms with Crippen molar-refractivity contribution in [2.24, 2.45) is 17.8 Å². The zero-order valence-electron chi connectivity index (χ0n) is 13.1. The number of fused-ring (bicyclic) bond motifs is 2. The summed E-state index contributed by atoms with van der Waals surface area (Å²) in [4.78, 5) is 24.2. The zero-order valence-corrected chi connectivity index (χ0v) is 13.1. The van der Waals surface area contributed by atoms with Gasteiger partial charge in [0.25, 0.3) is 0 Å². The van der Waals surface area contributed by atoms with Crippen molar-refractivity contribution in [1.29, 1.82) is 0 Å². The average Bonchev–Trinajstić information content (AvgIpc) is 3.20. The van der Waals surface area contributed by atoms with Crippen molar-refractivity contribution in [2.45, 2.75) is 45.2 Å². The lowest BCUT2D eigenvalue weighted by molar-refractivity contribution is -0.148. The van der Waals surface area contributed by atoms with E-state index >= 15 is 0 Å². The van der Waals surface area contributed by atoms with Gasteiger partial charge in [-0.1, -0.05) is 0 Å². The predicted molar refractivity (Wildman–Crippen MR) is 79.8 cm³/mol. The minimum atomic E-state index is -0.180. The van der Waals surface area contributed by atoms with Gasteiger partial charge in [0, 0.05) is 25.2 Å². The van der Waals surface area contributed by atoms with Crippen LogP contribution >= 0.6 is 0 Å². The Hall–Kier alpha value is -1.85. The van der Waals surface area contributed by atoms with E-state index < -0.39 is 0 Å². The van der Waals surface area contributed by atoms with E-state index in [0.717, 1.165) is 24.8 Å². The van der Waals surface area contributed by atoms with Gasteiger partial charge in [-0.05, 0) is 43.6 Å². The molecule has 2 fully saturated rings. The molecular formula is C16H23N3O3. The minimum Gasteiger partial charge on any atom is -0.469 e. The van der Waals surface area contributed by atoms with E-state index in [9.17, 15) is 9.59 Å². The smallest absolute Gasteiger partial charge is 0.311 e. The van der Waals surface area contributed by atoms with Crippen LogP contribution < -0.4 is 5.32 Å². The maximum absolute atomic E-state index is 12.2. The lowest BCUT2D eigenvalue weighted by Gasteiger charge is -2.29. The van der Waals surface area contributed by atoms with E-state index in [1.807, 2.05) is 13.1 Å². The number of rotatable bonds is 5. The summed E-state index contributed by atoms with van der Waals surface area (Å²) in [6.07, 6.45) is 7.28. The van der Waals surface area contributed by atoms with E-state index in [0.29, 0.717) is 24.8 Å². The van der Waals surface area contributed by atoms with Crippen LogP contribution in [0.1, 0.15) is 31.2 Å². The third kappa shape index (κ3) is 2.87. The lowest BCUT2D eigenvalue weighted by atomic mass is 9.84. The first kappa shape index (κ1) is 15.1. The van der Waals surface area contributed by atoms with E-state index in [4.69, 9.17) is 4.74 Å². The highest BCUT2D eigenvalue weighted by Gasteiger charge is 2.51. The average molecular weight is 305 g/mol. The number of carbonyl (C=O) groups excluding carboxylic acids is 2. The lowest BCUT2D eigenvalue weighted by Crippen LogP contribution is -2.47. The summed E-state index contributed by atoms with van der Waals surface area (Å²) < 4.78 is 6.70. The van der Waals surface area contributed by atoms with Gasteiger partial charge < -0.3 is 10.1 Å². The topological polar surface area (TPSA) is 73.2 Å². The first-order valence-corrected chi connectivity index (χ1v) is 7.94. The first-order valence-electron chi connectivity index (χ1n) is 7.94. The molecule has 1 amide bonds. The van der Waals surface area contributed by atoms with Crippen LogP contribution in [0.3, 0.4) is 0 Å². The van der Waals surface area contributed by atoms with Crippen LogP contribution in [0.4, 0.5) is 0 Å². The molecule has 6 nitrogen and oxygen atoms in total. The molecule has 0 radical (unpaired) electrons. The fraction of sp³-hybridized carbons (Fsp3) is 0.688. The van der Waals surface area contributed by atoms with Crippen LogP contribution in [-0.2, 0) is 20.9 Å². The largest absolute Gasteiger partial charge is 0.469 e.